The summed E-state index contributed by atoms with van der Waals surface area (Å²) in [6.07, 6.45) is 14.0. The second-order valence-corrected chi connectivity index (χ2v) is 18.7. The molecule has 9 aromatic carbocycles. The van der Waals surface area contributed by atoms with Gasteiger partial charge in [0.1, 0.15) is 0 Å². The van der Waals surface area contributed by atoms with E-state index in [0.29, 0.717) is 0 Å². The highest BCUT2D eigenvalue weighted by atomic mass is 15.1. The molecule has 328 valence electrons. The maximum Gasteiger partial charge on any atom is 0.0722 e. The number of nitrogens with one attached hydrogen (secondary N) is 1. The number of fused-ring (bicyclic) bond motifs is 9. The highest BCUT2D eigenvalue weighted by Crippen LogP contribution is 2.65. The van der Waals surface area contributed by atoms with Crippen LogP contribution in [0.4, 0.5) is 22.7 Å². The molecular formula is C67H50N2. The molecule has 0 aromatic heterocycles. The third kappa shape index (κ3) is 6.86. The maximum atomic E-state index is 3.93. The lowest BCUT2D eigenvalue weighted by molar-refractivity contribution is 0.759. The van der Waals surface area contributed by atoms with Gasteiger partial charge in [-0.1, -0.05) is 218 Å². The molecule has 0 amide bonds. The van der Waals surface area contributed by atoms with E-state index in [-0.39, 0.29) is 12.0 Å². The Labute approximate surface area is 405 Å². The average molecular weight is 883 g/mol. The molecule has 1 spiro atoms. The van der Waals surface area contributed by atoms with E-state index < -0.39 is 5.41 Å². The summed E-state index contributed by atoms with van der Waals surface area (Å²) < 4.78 is 0. The zero-order valence-electron chi connectivity index (χ0n) is 38.3. The van der Waals surface area contributed by atoms with Crippen LogP contribution in [0.5, 0.6) is 0 Å². The van der Waals surface area contributed by atoms with Gasteiger partial charge in [-0.05, 0) is 133 Å². The summed E-state index contributed by atoms with van der Waals surface area (Å²) in [5.74, 6) is 0.0767. The first-order chi connectivity index (χ1) is 34.2. The summed E-state index contributed by atoms with van der Waals surface area (Å²) >= 11 is 0. The topological polar surface area (TPSA) is 15.3 Å². The molecular weight excluding hydrogens is 833 g/mol. The van der Waals surface area contributed by atoms with Crippen LogP contribution in [0.15, 0.2) is 266 Å². The minimum atomic E-state index is -0.390. The van der Waals surface area contributed by atoms with Crippen molar-refractivity contribution in [3.63, 3.8) is 0 Å². The minimum Gasteiger partial charge on any atom is -0.378 e. The number of hydrogen-bond donors (Lipinski definition) is 1. The Bertz CT molecular complexity index is 3490. The number of nitrogens with zero attached hydrogens (tertiary/aromatic N) is 1. The summed E-state index contributed by atoms with van der Waals surface area (Å²) in [4.78, 5) is 2.50. The number of rotatable bonds is 9. The zero-order valence-corrected chi connectivity index (χ0v) is 38.3. The summed E-state index contributed by atoms with van der Waals surface area (Å²) in [7, 11) is 0. The van der Waals surface area contributed by atoms with E-state index in [4.69, 9.17) is 0 Å². The van der Waals surface area contributed by atoms with Crippen molar-refractivity contribution in [1.82, 2.24) is 0 Å². The van der Waals surface area contributed by atoms with Crippen molar-refractivity contribution in [2.24, 2.45) is 0 Å². The van der Waals surface area contributed by atoms with Crippen LogP contribution in [0.3, 0.4) is 0 Å². The molecule has 3 atom stereocenters. The SMILES string of the molecule is C1=CC2=C(CC1)c1ccccc1C21c2ccccc2-c2c(N(c3ccc(-c4ccccc4)cc3)c3ccc(C4C=C(c5ccccc5)C=CC4Nc4ccc(-c5ccccc5)cc4)cc3)cccc21. The third-order valence-electron chi connectivity index (χ3n) is 14.9. The molecule has 0 heterocycles. The Balaban J connectivity index is 0.938. The van der Waals surface area contributed by atoms with E-state index in [2.05, 4.69) is 271 Å². The molecule has 0 aliphatic heterocycles. The zero-order chi connectivity index (χ0) is 45.7. The Morgan fingerprint density at radius 1 is 0.449 bits per heavy atom. The predicted molar refractivity (Wildman–Crippen MR) is 289 cm³/mol. The summed E-state index contributed by atoms with van der Waals surface area (Å²) in [6.45, 7) is 0. The van der Waals surface area contributed by atoms with Crippen LogP contribution in [0.2, 0.25) is 0 Å². The van der Waals surface area contributed by atoms with E-state index in [1.165, 1.54) is 89.2 Å². The Kier molecular flexibility index (Phi) is 10.1. The van der Waals surface area contributed by atoms with Crippen LogP contribution >= 0.6 is 0 Å². The summed E-state index contributed by atoms with van der Waals surface area (Å²) in [5.41, 5.74) is 23.7. The highest BCUT2D eigenvalue weighted by Gasteiger charge is 2.53. The lowest BCUT2D eigenvalue weighted by Gasteiger charge is -2.33. The van der Waals surface area contributed by atoms with Crippen LogP contribution in [-0.2, 0) is 5.41 Å². The highest BCUT2D eigenvalue weighted by molar-refractivity contribution is 6.01. The van der Waals surface area contributed by atoms with Gasteiger partial charge in [0.25, 0.3) is 0 Å². The van der Waals surface area contributed by atoms with Gasteiger partial charge in [0.15, 0.2) is 0 Å². The van der Waals surface area contributed by atoms with Crippen LogP contribution in [0.25, 0.3) is 44.5 Å². The molecule has 9 aromatic rings. The largest absolute Gasteiger partial charge is 0.378 e. The molecule has 2 heteroatoms. The molecule has 0 saturated carbocycles. The fourth-order valence-electron chi connectivity index (χ4n) is 11.8. The van der Waals surface area contributed by atoms with Crippen LogP contribution in [-0.4, -0.2) is 6.04 Å². The van der Waals surface area contributed by atoms with Crippen LogP contribution in [0.1, 0.15) is 52.1 Å². The second kappa shape index (κ2) is 17.0. The first-order valence-electron chi connectivity index (χ1n) is 24.4. The first-order valence-corrected chi connectivity index (χ1v) is 24.4. The monoisotopic (exact) mass is 882 g/mol. The van der Waals surface area contributed by atoms with E-state index in [1.54, 1.807) is 0 Å². The van der Waals surface area contributed by atoms with Crippen LogP contribution < -0.4 is 10.2 Å². The molecule has 13 rings (SSSR count). The summed E-state index contributed by atoms with van der Waals surface area (Å²) in [6, 6.07) is 84.9. The smallest absolute Gasteiger partial charge is 0.0722 e. The van der Waals surface area contributed by atoms with Gasteiger partial charge in [-0.2, -0.15) is 0 Å². The second-order valence-electron chi connectivity index (χ2n) is 18.7. The Morgan fingerprint density at radius 3 is 1.65 bits per heavy atom. The molecule has 4 aliphatic rings. The lowest BCUT2D eigenvalue weighted by atomic mass is 9.69. The van der Waals surface area contributed by atoms with Crippen molar-refractivity contribution in [3.05, 3.63) is 300 Å². The van der Waals surface area contributed by atoms with E-state index in [1.807, 2.05) is 0 Å². The quantitative estimate of drug-likeness (QED) is 0.155. The molecule has 0 bridgehead atoms. The number of hydrogen-bond acceptors (Lipinski definition) is 2. The summed E-state index contributed by atoms with van der Waals surface area (Å²) in [5, 5.41) is 3.93. The molecule has 4 aliphatic carbocycles. The number of allylic oxidation sites excluding steroid dienone is 6. The van der Waals surface area contributed by atoms with E-state index >= 15 is 0 Å². The molecule has 2 nitrogen and oxygen atoms in total. The van der Waals surface area contributed by atoms with Gasteiger partial charge in [-0.3, -0.25) is 0 Å². The van der Waals surface area contributed by atoms with Gasteiger partial charge in [0.05, 0.1) is 17.1 Å². The predicted octanol–water partition coefficient (Wildman–Crippen LogP) is 17.1. The van der Waals surface area contributed by atoms with Crippen molar-refractivity contribution in [2.75, 3.05) is 10.2 Å². The standard InChI is InChI=1S/C67H50N2/c1-4-17-46(18-5-1)49-31-38-53(39-32-49)68-64-44-37-52(48-21-8-3-9-22-48)45-59(64)51-35-42-55(43-36-51)69(54-40-33-50(34-41-54)47-19-6-2-7-20-47)65-30-16-29-63-66(65)58-25-12-15-28-62(58)67(63)60-26-13-10-23-56(60)57-24-11-14-27-61(57)67/h1-10,12-23,25-45,59,64,68H,11,24H2. The van der Waals surface area contributed by atoms with Gasteiger partial charge in [-0.25, -0.2) is 0 Å². The number of benzene rings is 9. The van der Waals surface area contributed by atoms with Crippen molar-refractivity contribution >= 4 is 33.9 Å². The maximum absolute atomic E-state index is 3.93. The molecule has 0 fully saturated rings. The van der Waals surface area contributed by atoms with Gasteiger partial charge < -0.3 is 10.2 Å². The third-order valence-corrected chi connectivity index (χ3v) is 14.9. The normalized spacial score (nSPS) is 18.3. The van der Waals surface area contributed by atoms with Crippen molar-refractivity contribution in [1.29, 1.82) is 0 Å². The number of anilines is 4. The fraction of sp³-hybridized carbons (Fsp3) is 0.0746. The van der Waals surface area contributed by atoms with Gasteiger partial charge in [-0.15, -0.1) is 0 Å². The Hall–Kier alpha value is -8.46. The first kappa shape index (κ1) is 40.8. The molecule has 0 saturated heterocycles. The van der Waals surface area contributed by atoms with Crippen molar-refractivity contribution < 1.29 is 0 Å². The lowest BCUT2D eigenvalue weighted by Crippen LogP contribution is -2.27. The molecule has 1 N–H and O–H groups in total. The fourth-order valence-corrected chi connectivity index (χ4v) is 11.8. The molecule has 0 radical (unpaired) electrons. The Morgan fingerprint density at radius 2 is 0.986 bits per heavy atom. The molecule has 3 unspecified atom stereocenters. The van der Waals surface area contributed by atoms with E-state index in [9.17, 15) is 0 Å². The minimum absolute atomic E-state index is 0.0416. The van der Waals surface area contributed by atoms with Gasteiger partial charge >= 0.3 is 0 Å². The van der Waals surface area contributed by atoms with E-state index in [0.717, 1.165) is 29.9 Å². The van der Waals surface area contributed by atoms with Crippen LogP contribution in [0, 0.1) is 0 Å². The van der Waals surface area contributed by atoms with Gasteiger partial charge in [0.2, 0.25) is 0 Å². The van der Waals surface area contributed by atoms with Crippen molar-refractivity contribution in [2.45, 2.75) is 30.2 Å². The van der Waals surface area contributed by atoms with Gasteiger partial charge in [0, 0.05) is 28.5 Å². The molecule has 69 heavy (non-hydrogen) atoms. The van der Waals surface area contributed by atoms with Crippen molar-refractivity contribution in [3.8, 4) is 33.4 Å². The average Bonchev–Trinajstić information content (AvgIpc) is 3.90.